The molecule has 0 saturated carbocycles. The maximum absolute atomic E-state index is 5.28. The Kier molecular flexibility index (Phi) is 3.64. The molecule has 0 unspecified atom stereocenters. The number of hydrogen-bond donors (Lipinski definition) is 2. The summed E-state index contributed by atoms with van der Waals surface area (Å²) < 4.78 is 0. The van der Waals surface area contributed by atoms with Gasteiger partial charge in [-0.3, -0.25) is 0 Å². The summed E-state index contributed by atoms with van der Waals surface area (Å²) in [5, 5.41) is 0. The van der Waals surface area contributed by atoms with Crippen LogP contribution in [-0.2, 0) is 6.42 Å². The molecule has 0 bridgehead atoms. The maximum atomic E-state index is 5.28. The van der Waals surface area contributed by atoms with Crippen LogP contribution in [-0.4, -0.2) is 9.97 Å². The van der Waals surface area contributed by atoms with Crippen LogP contribution in [0.15, 0.2) is 6.07 Å². The molecule has 4 heteroatoms. The van der Waals surface area contributed by atoms with E-state index in [2.05, 4.69) is 22.3 Å². The highest BCUT2D eigenvalue weighted by atomic mass is 15.3. The summed E-state index contributed by atoms with van der Waals surface area (Å²) in [5.74, 6) is 6.73. The van der Waals surface area contributed by atoms with Crippen LogP contribution >= 0.6 is 0 Å². The quantitative estimate of drug-likeness (QED) is 0.543. The number of nitrogen functional groups attached to an aromatic ring is 1. The maximum Gasteiger partial charge on any atom is 0.143 e. The second-order valence-electron chi connectivity index (χ2n) is 3.04. The molecule has 0 saturated heterocycles. The normalized spacial score (nSPS) is 10.1. The van der Waals surface area contributed by atoms with Gasteiger partial charge in [-0.15, -0.1) is 0 Å². The Balaban J connectivity index is 2.76. The Bertz CT molecular complexity index is 272. The molecule has 0 aromatic carbocycles. The SMILES string of the molecule is CCCCc1cc(NN)nc(C)n1. The molecule has 4 nitrogen and oxygen atoms in total. The molecule has 0 radical (unpaired) electrons. The van der Waals surface area contributed by atoms with Gasteiger partial charge in [-0.25, -0.2) is 15.8 Å². The Morgan fingerprint density at radius 2 is 2.23 bits per heavy atom. The van der Waals surface area contributed by atoms with Gasteiger partial charge in [0.25, 0.3) is 0 Å². The molecule has 13 heavy (non-hydrogen) atoms. The highest BCUT2D eigenvalue weighted by Crippen LogP contribution is 2.07. The van der Waals surface area contributed by atoms with Crippen molar-refractivity contribution in [3.63, 3.8) is 0 Å². The van der Waals surface area contributed by atoms with Crippen molar-refractivity contribution in [1.82, 2.24) is 9.97 Å². The number of aryl methyl sites for hydroxylation is 2. The average molecular weight is 180 g/mol. The molecule has 0 aliphatic carbocycles. The lowest BCUT2D eigenvalue weighted by atomic mass is 10.2. The lowest BCUT2D eigenvalue weighted by Gasteiger charge is -2.04. The van der Waals surface area contributed by atoms with Gasteiger partial charge in [0.1, 0.15) is 11.6 Å². The van der Waals surface area contributed by atoms with Gasteiger partial charge >= 0.3 is 0 Å². The van der Waals surface area contributed by atoms with E-state index in [0.717, 1.165) is 24.4 Å². The lowest BCUT2D eigenvalue weighted by molar-refractivity contribution is 0.768. The Hall–Kier alpha value is -1.16. The molecule has 0 fully saturated rings. The Morgan fingerprint density at radius 3 is 2.85 bits per heavy atom. The molecular formula is C9H16N4. The Morgan fingerprint density at radius 1 is 1.46 bits per heavy atom. The van der Waals surface area contributed by atoms with Crippen LogP contribution in [0.4, 0.5) is 5.82 Å². The van der Waals surface area contributed by atoms with Gasteiger partial charge in [0, 0.05) is 11.8 Å². The van der Waals surface area contributed by atoms with Crippen molar-refractivity contribution < 1.29 is 0 Å². The molecule has 0 spiro atoms. The number of unbranched alkanes of at least 4 members (excludes halogenated alkanes) is 1. The fraction of sp³-hybridized carbons (Fsp3) is 0.556. The first-order valence-electron chi connectivity index (χ1n) is 4.57. The van der Waals surface area contributed by atoms with E-state index in [-0.39, 0.29) is 0 Å². The molecule has 3 N–H and O–H groups in total. The highest BCUT2D eigenvalue weighted by molar-refractivity contribution is 5.34. The lowest BCUT2D eigenvalue weighted by Crippen LogP contribution is -2.10. The van der Waals surface area contributed by atoms with Gasteiger partial charge in [0.15, 0.2) is 0 Å². The van der Waals surface area contributed by atoms with Crippen molar-refractivity contribution in [3.8, 4) is 0 Å². The molecule has 0 atom stereocenters. The second kappa shape index (κ2) is 4.77. The predicted molar refractivity (Wildman–Crippen MR) is 53.2 cm³/mol. The molecule has 0 amide bonds. The van der Waals surface area contributed by atoms with Crippen LogP contribution in [0, 0.1) is 6.92 Å². The van der Waals surface area contributed by atoms with E-state index < -0.39 is 0 Å². The number of rotatable bonds is 4. The second-order valence-corrected chi connectivity index (χ2v) is 3.04. The van der Waals surface area contributed by atoms with E-state index in [9.17, 15) is 0 Å². The number of anilines is 1. The minimum atomic E-state index is 0.693. The van der Waals surface area contributed by atoms with Gasteiger partial charge in [0.2, 0.25) is 0 Å². The number of hydrazine groups is 1. The van der Waals surface area contributed by atoms with Crippen LogP contribution in [0.3, 0.4) is 0 Å². The molecule has 1 heterocycles. The smallest absolute Gasteiger partial charge is 0.143 e. The van der Waals surface area contributed by atoms with Crippen molar-refractivity contribution >= 4 is 5.82 Å². The van der Waals surface area contributed by atoms with Gasteiger partial charge < -0.3 is 5.43 Å². The third-order valence-electron chi connectivity index (χ3n) is 1.83. The zero-order valence-electron chi connectivity index (χ0n) is 8.17. The van der Waals surface area contributed by atoms with Crippen LogP contribution in [0.5, 0.6) is 0 Å². The summed E-state index contributed by atoms with van der Waals surface area (Å²) >= 11 is 0. The van der Waals surface area contributed by atoms with E-state index in [1.54, 1.807) is 0 Å². The first-order chi connectivity index (χ1) is 6.26. The first-order valence-corrected chi connectivity index (χ1v) is 4.57. The summed E-state index contributed by atoms with van der Waals surface area (Å²) in [6, 6.07) is 1.89. The van der Waals surface area contributed by atoms with Crippen LogP contribution in [0.25, 0.3) is 0 Å². The Labute approximate surface area is 78.6 Å². The summed E-state index contributed by atoms with van der Waals surface area (Å²) in [5.41, 5.74) is 3.59. The predicted octanol–water partition coefficient (Wildman–Crippen LogP) is 1.41. The molecule has 1 rings (SSSR count). The van der Waals surface area contributed by atoms with E-state index in [0.29, 0.717) is 5.82 Å². The number of aromatic nitrogens is 2. The zero-order valence-corrected chi connectivity index (χ0v) is 8.17. The largest absolute Gasteiger partial charge is 0.308 e. The van der Waals surface area contributed by atoms with Gasteiger partial charge in [-0.1, -0.05) is 13.3 Å². The zero-order chi connectivity index (χ0) is 9.68. The monoisotopic (exact) mass is 180 g/mol. The fourth-order valence-electron chi connectivity index (χ4n) is 1.19. The molecular weight excluding hydrogens is 164 g/mol. The first kappa shape index (κ1) is 9.92. The third kappa shape index (κ3) is 2.99. The van der Waals surface area contributed by atoms with E-state index in [4.69, 9.17) is 5.84 Å². The number of nitrogens with one attached hydrogen (secondary N) is 1. The molecule has 0 aliphatic heterocycles. The fourth-order valence-corrected chi connectivity index (χ4v) is 1.19. The van der Waals surface area contributed by atoms with Crippen molar-refractivity contribution in [2.75, 3.05) is 5.43 Å². The average Bonchev–Trinajstić information content (AvgIpc) is 2.14. The van der Waals surface area contributed by atoms with Gasteiger partial charge in [-0.2, -0.15) is 0 Å². The molecule has 1 aromatic heterocycles. The topological polar surface area (TPSA) is 63.8 Å². The van der Waals surface area contributed by atoms with Crippen LogP contribution in [0.1, 0.15) is 31.3 Å². The van der Waals surface area contributed by atoms with Crippen LogP contribution in [0.2, 0.25) is 0 Å². The van der Waals surface area contributed by atoms with Crippen molar-refractivity contribution in [2.24, 2.45) is 5.84 Å². The summed E-state index contributed by atoms with van der Waals surface area (Å²) in [6.45, 7) is 4.03. The van der Waals surface area contributed by atoms with Crippen LogP contribution < -0.4 is 11.3 Å². The van der Waals surface area contributed by atoms with E-state index in [1.165, 1.54) is 6.42 Å². The molecule has 0 aliphatic rings. The minimum absolute atomic E-state index is 0.693. The van der Waals surface area contributed by atoms with Gasteiger partial charge in [0.05, 0.1) is 0 Å². The van der Waals surface area contributed by atoms with E-state index >= 15 is 0 Å². The van der Waals surface area contributed by atoms with Crippen molar-refractivity contribution in [2.45, 2.75) is 33.1 Å². The summed E-state index contributed by atoms with van der Waals surface area (Å²) in [4.78, 5) is 8.43. The highest BCUT2D eigenvalue weighted by Gasteiger charge is 1.99. The number of hydrogen-bond acceptors (Lipinski definition) is 4. The number of nitrogens with two attached hydrogens (primary N) is 1. The van der Waals surface area contributed by atoms with Crippen molar-refractivity contribution in [1.29, 1.82) is 0 Å². The summed E-state index contributed by atoms with van der Waals surface area (Å²) in [7, 11) is 0. The minimum Gasteiger partial charge on any atom is -0.308 e. The third-order valence-corrected chi connectivity index (χ3v) is 1.83. The van der Waals surface area contributed by atoms with Gasteiger partial charge in [-0.05, 0) is 19.8 Å². The number of nitrogens with zero attached hydrogens (tertiary/aromatic N) is 2. The van der Waals surface area contributed by atoms with Crippen molar-refractivity contribution in [3.05, 3.63) is 17.6 Å². The molecule has 72 valence electrons. The summed E-state index contributed by atoms with van der Waals surface area (Å²) in [6.07, 6.45) is 3.32. The standard InChI is InChI=1S/C9H16N4/c1-3-4-5-8-6-9(13-10)12-7(2)11-8/h6H,3-5,10H2,1-2H3,(H,11,12,13). The van der Waals surface area contributed by atoms with E-state index in [1.807, 2.05) is 13.0 Å². The molecule has 1 aromatic rings.